The summed E-state index contributed by atoms with van der Waals surface area (Å²) in [6.07, 6.45) is 1.31. The van der Waals surface area contributed by atoms with Gasteiger partial charge in [-0.1, -0.05) is 18.2 Å². The highest BCUT2D eigenvalue weighted by Crippen LogP contribution is 2.42. The standard InChI is InChI=1S/C21H27N4O6PS/c1-16(15-24-10-12-32(2,29)13-11-24)22-19-9-8-18(14-20(19)25(27)28)33(30,31)23-21(26)17-6-4-3-5-7-17/h3-9,14,16,22H,10-13,15H2,1-2H3,(H,23,26). The Labute approximate surface area is 192 Å². The van der Waals surface area contributed by atoms with Crippen LogP contribution in [-0.2, 0) is 14.6 Å². The van der Waals surface area contributed by atoms with Crippen LogP contribution in [-0.4, -0.2) is 68.8 Å². The van der Waals surface area contributed by atoms with Gasteiger partial charge in [0, 0.05) is 49.6 Å². The molecular weight excluding hydrogens is 467 g/mol. The number of hydrogen-bond donors (Lipinski definition) is 2. The van der Waals surface area contributed by atoms with Gasteiger partial charge in [0.1, 0.15) is 5.69 Å². The lowest BCUT2D eigenvalue weighted by atomic mass is 10.2. The van der Waals surface area contributed by atoms with E-state index in [1.54, 1.807) is 18.2 Å². The molecule has 33 heavy (non-hydrogen) atoms. The minimum Gasteiger partial charge on any atom is -0.376 e. The molecule has 1 amide bonds. The second-order valence-electron chi connectivity index (χ2n) is 8.33. The second-order valence-corrected chi connectivity index (χ2v) is 13.5. The molecule has 3 rings (SSSR count). The molecule has 1 atom stereocenters. The molecule has 1 aliphatic rings. The first kappa shape index (κ1) is 24.9. The first-order valence-electron chi connectivity index (χ1n) is 10.4. The number of sulfonamides is 1. The molecule has 10 nitrogen and oxygen atoms in total. The lowest BCUT2D eigenvalue weighted by Gasteiger charge is -2.32. The highest BCUT2D eigenvalue weighted by molar-refractivity contribution is 7.90. The Balaban J connectivity index is 1.73. The van der Waals surface area contributed by atoms with Crippen LogP contribution in [0.5, 0.6) is 0 Å². The molecule has 1 heterocycles. The van der Waals surface area contributed by atoms with E-state index >= 15 is 0 Å². The maximum atomic E-state index is 12.6. The van der Waals surface area contributed by atoms with Crippen molar-refractivity contribution in [3.05, 3.63) is 64.2 Å². The molecule has 0 bridgehead atoms. The van der Waals surface area contributed by atoms with Gasteiger partial charge < -0.3 is 14.8 Å². The third-order valence-electron chi connectivity index (χ3n) is 5.45. The molecule has 178 valence electrons. The molecule has 0 radical (unpaired) electrons. The fraction of sp³-hybridized carbons (Fsp3) is 0.381. The number of carbonyl (C=O) groups is 1. The lowest BCUT2D eigenvalue weighted by molar-refractivity contribution is -0.384. The van der Waals surface area contributed by atoms with Gasteiger partial charge in [0.15, 0.2) is 0 Å². The fourth-order valence-electron chi connectivity index (χ4n) is 3.59. The first-order valence-corrected chi connectivity index (χ1v) is 14.4. The molecule has 1 saturated heterocycles. The van der Waals surface area contributed by atoms with E-state index in [0.717, 1.165) is 6.07 Å². The van der Waals surface area contributed by atoms with E-state index in [4.69, 9.17) is 0 Å². The third kappa shape index (κ3) is 6.63. The predicted molar refractivity (Wildman–Crippen MR) is 127 cm³/mol. The van der Waals surface area contributed by atoms with Crippen molar-refractivity contribution in [3.8, 4) is 0 Å². The summed E-state index contributed by atoms with van der Waals surface area (Å²) in [7, 11) is -6.35. The monoisotopic (exact) mass is 494 g/mol. The molecule has 2 aromatic rings. The number of nitrogens with zero attached hydrogens (tertiary/aromatic N) is 2. The number of nitro groups is 1. The minimum atomic E-state index is -4.31. The Morgan fingerprint density at radius 2 is 1.82 bits per heavy atom. The van der Waals surface area contributed by atoms with E-state index in [1.165, 1.54) is 24.3 Å². The van der Waals surface area contributed by atoms with Crippen LogP contribution in [0.1, 0.15) is 17.3 Å². The van der Waals surface area contributed by atoms with Gasteiger partial charge in [-0.05, 0) is 37.9 Å². The van der Waals surface area contributed by atoms with E-state index in [0.29, 0.717) is 32.0 Å². The zero-order valence-electron chi connectivity index (χ0n) is 18.4. The fourth-order valence-corrected chi connectivity index (χ4v) is 6.22. The van der Waals surface area contributed by atoms with Gasteiger partial charge >= 0.3 is 0 Å². The van der Waals surface area contributed by atoms with Gasteiger partial charge in [-0.25, -0.2) is 13.1 Å². The predicted octanol–water partition coefficient (Wildman–Crippen LogP) is 2.82. The van der Waals surface area contributed by atoms with Gasteiger partial charge in [-0.15, -0.1) is 0 Å². The highest BCUT2D eigenvalue weighted by atomic mass is 32.2. The van der Waals surface area contributed by atoms with Crippen LogP contribution in [0.25, 0.3) is 0 Å². The SMILES string of the molecule is CC(CN1CCP(C)(=O)CC1)Nc1ccc(S(=O)(=O)NC(=O)c2ccccc2)cc1[N+](=O)[O-]. The second kappa shape index (κ2) is 10.0. The van der Waals surface area contributed by atoms with Crippen LogP contribution < -0.4 is 10.0 Å². The smallest absolute Gasteiger partial charge is 0.293 e. The van der Waals surface area contributed by atoms with Crippen molar-refractivity contribution >= 4 is 34.4 Å². The number of hydrogen-bond acceptors (Lipinski definition) is 8. The van der Waals surface area contributed by atoms with Crippen molar-refractivity contribution < 1.29 is 22.7 Å². The van der Waals surface area contributed by atoms with Gasteiger partial charge in [0.2, 0.25) is 0 Å². The van der Waals surface area contributed by atoms with Gasteiger partial charge in [0.25, 0.3) is 21.6 Å². The molecule has 0 aromatic heterocycles. The molecule has 12 heteroatoms. The van der Waals surface area contributed by atoms with Gasteiger partial charge in [-0.3, -0.25) is 14.9 Å². The maximum absolute atomic E-state index is 12.6. The number of amides is 1. The number of carbonyl (C=O) groups excluding carboxylic acids is 1. The molecular formula is C21H27N4O6PS. The van der Waals surface area contributed by atoms with Crippen LogP contribution in [0, 0.1) is 10.1 Å². The molecule has 2 aromatic carbocycles. The van der Waals surface area contributed by atoms with E-state index in [-0.39, 0.29) is 22.2 Å². The summed E-state index contributed by atoms with van der Waals surface area (Å²) in [5, 5.41) is 14.7. The first-order chi connectivity index (χ1) is 15.5. The van der Waals surface area contributed by atoms with Crippen LogP contribution >= 0.6 is 7.14 Å². The normalized spacial score (nSPS) is 17.2. The summed E-state index contributed by atoms with van der Waals surface area (Å²) in [5.41, 5.74) is -0.0765. The van der Waals surface area contributed by atoms with Crippen LogP contribution in [0.4, 0.5) is 11.4 Å². The van der Waals surface area contributed by atoms with E-state index in [1.807, 2.05) is 18.3 Å². The van der Waals surface area contributed by atoms with Gasteiger partial charge in [0.05, 0.1) is 17.0 Å². The van der Waals surface area contributed by atoms with Crippen molar-refractivity contribution in [2.24, 2.45) is 0 Å². The van der Waals surface area contributed by atoms with E-state index in [9.17, 15) is 27.9 Å². The number of rotatable bonds is 8. The summed E-state index contributed by atoms with van der Waals surface area (Å²) in [6, 6.07) is 11.1. The highest BCUT2D eigenvalue weighted by Gasteiger charge is 2.27. The largest absolute Gasteiger partial charge is 0.376 e. The summed E-state index contributed by atoms with van der Waals surface area (Å²) in [4.78, 5) is 25.0. The van der Waals surface area contributed by atoms with Crippen LogP contribution in [0.2, 0.25) is 0 Å². The molecule has 1 aliphatic heterocycles. The van der Waals surface area contributed by atoms with Crippen molar-refractivity contribution in [2.75, 3.05) is 43.9 Å². The Morgan fingerprint density at radius 1 is 1.18 bits per heavy atom. The molecule has 0 aliphatic carbocycles. The van der Waals surface area contributed by atoms with Crippen molar-refractivity contribution in [1.82, 2.24) is 9.62 Å². The molecule has 1 fully saturated rings. The zero-order valence-corrected chi connectivity index (χ0v) is 20.1. The Bertz CT molecular complexity index is 1180. The van der Waals surface area contributed by atoms with Crippen molar-refractivity contribution in [3.63, 3.8) is 0 Å². The number of benzene rings is 2. The molecule has 0 spiro atoms. The number of anilines is 1. The lowest BCUT2D eigenvalue weighted by Crippen LogP contribution is -2.41. The summed E-state index contributed by atoms with van der Waals surface area (Å²) >= 11 is 0. The Kier molecular flexibility index (Phi) is 7.56. The van der Waals surface area contributed by atoms with E-state index < -0.39 is 33.7 Å². The number of nitro benzene ring substituents is 1. The van der Waals surface area contributed by atoms with Crippen LogP contribution in [0.15, 0.2) is 53.4 Å². The Hall–Kier alpha value is -2.75. The molecule has 2 N–H and O–H groups in total. The van der Waals surface area contributed by atoms with Crippen molar-refractivity contribution in [2.45, 2.75) is 17.9 Å². The third-order valence-corrected chi connectivity index (χ3v) is 9.07. The van der Waals surface area contributed by atoms with E-state index in [2.05, 4.69) is 10.2 Å². The summed E-state index contributed by atoms with van der Waals surface area (Å²) in [5.74, 6) is -0.827. The van der Waals surface area contributed by atoms with Gasteiger partial charge in [-0.2, -0.15) is 0 Å². The minimum absolute atomic E-state index is 0.153. The molecule has 0 saturated carbocycles. The maximum Gasteiger partial charge on any atom is 0.293 e. The number of nitrogens with one attached hydrogen (secondary N) is 2. The average molecular weight is 495 g/mol. The average Bonchev–Trinajstić information content (AvgIpc) is 2.75. The topological polar surface area (TPSA) is 139 Å². The summed E-state index contributed by atoms with van der Waals surface area (Å²) < 4.78 is 39.4. The Morgan fingerprint density at radius 3 is 2.42 bits per heavy atom. The van der Waals surface area contributed by atoms with Crippen LogP contribution in [0.3, 0.4) is 0 Å². The quantitative estimate of drug-likeness (QED) is 0.325. The summed E-state index contributed by atoms with van der Waals surface area (Å²) in [6.45, 7) is 5.70. The molecule has 1 unspecified atom stereocenters. The zero-order chi connectivity index (χ0) is 24.2. The van der Waals surface area contributed by atoms with Crippen molar-refractivity contribution in [1.29, 1.82) is 0 Å².